The second-order valence-corrected chi connectivity index (χ2v) is 5.52. The van der Waals surface area contributed by atoms with Crippen LogP contribution in [-0.4, -0.2) is 36.5 Å². The van der Waals surface area contributed by atoms with Crippen molar-refractivity contribution in [3.8, 4) is 5.75 Å². The Balaban J connectivity index is 2.11. The van der Waals surface area contributed by atoms with Gasteiger partial charge in [-0.3, -0.25) is 9.69 Å². The number of benzene rings is 1. The average molecular weight is 276 g/mol. The lowest BCUT2D eigenvalue weighted by Crippen LogP contribution is -2.41. The Morgan fingerprint density at radius 1 is 1.45 bits per heavy atom. The van der Waals surface area contributed by atoms with Gasteiger partial charge in [-0.05, 0) is 39.3 Å². The minimum atomic E-state index is -0.00731. The van der Waals surface area contributed by atoms with Gasteiger partial charge in [-0.1, -0.05) is 18.2 Å². The summed E-state index contributed by atoms with van der Waals surface area (Å²) < 4.78 is 5.85. The normalized spacial score (nSPS) is 19.3. The molecule has 1 aliphatic rings. The summed E-state index contributed by atoms with van der Waals surface area (Å²) in [6.07, 6.45) is 2.17. The standard InChI is InChI=1S/C16H24N2O2/c1-12(2)20-15-9-5-4-7-13(15)11-18-10-6-8-14(18)16(19)17-3/h4-5,7,9,12,14H,6,8,10-11H2,1-3H3,(H,17,19)/t14-/m0/s1. The number of para-hydroxylation sites is 1. The van der Waals surface area contributed by atoms with Crippen LogP contribution >= 0.6 is 0 Å². The number of ether oxygens (including phenoxy) is 1. The minimum Gasteiger partial charge on any atom is -0.491 e. The maximum Gasteiger partial charge on any atom is 0.237 e. The molecule has 20 heavy (non-hydrogen) atoms. The molecule has 0 aliphatic carbocycles. The van der Waals surface area contributed by atoms with E-state index in [1.54, 1.807) is 7.05 Å². The number of likely N-dealkylation sites (tertiary alicyclic amines) is 1. The van der Waals surface area contributed by atoms with Crippen molar-refractivity contribution >= 4 is 5.91 Å². The second-order valence-electron chi connectivity index (χ2n) is 5.52. The summed E-state index contributed by atoms with van der Waals surface area (Å²) in [6, 6.07) is 8.08. The third kappa shape index (κ3) is 3.51. The molecule has 1 atom stereocenters. The maximum atomic E-state index is 11.9. The number of carbonyl (C=O) groups excluding carboxylic acids is 1. The highest BCUT2D eigenvalue weighted by Crippen LogP contribution is 2.25. The zero-order chi connectivity index (χ0) is 14.5. The predicted molar refractivity (Wildman–Crippen MR) is 79.7 cm³/mol. The monoisotopic (exact) mass is 276 g/mol. The van der Waals surface area contributed by atoms with E-state index in [0.29, 0.717) is 0 Å². The molecule has 1 saturated heterocycles. The van der Waals surface area contributed by atoms with Gasteiger partial charge in [0.05, 0.1) is 12.1 Å². The second kappa shape index (κ2) is 6.75. The Labute approximate surface area is 121 Å². The Bertz CT molecular complexity index is 460. The van der Waals surface area contributed by atoms with E-state index in [2.05, 4.69) is 16.3 Å². The third-order valence-electron chi connectivity index (χ3n) is 3.62. The van der Waals surface area contributed by atoms with E-state index in [0.717, 1.165) is 37.2 Å². The fourth-order valence-corrected chi connectivity index (χ4v) is 2.70. The van der Waals surface area contributed by atoms with Gasteiger partial charge in [0, 0.05) is 19.2 Å². The van der Waals surface area contributed by atoms with E-state index in [-0.39, 0.29) is 18.1 Å². The third-order valence-corrected chi connectivity index (χ3v) is 3.62. The summed E-state index contributed by atoms with van der Waals surface area (Å²) in [5.41, 5.74) is 1.15. The highest BCUT2D eigenvalue weighted by molar-refractivity contribution is 5.81. The van der Waals surface area contributed by atoms with Crippen LogP contribution in [0.1, 0.15) is 32.3 Å². The summed E-state index contributed by atoms with van der Waals surface area (Å²) in [7, 11) is 1.70. The van der Waals surface area contributed by atoms with Crippen LogP contribution in [0.25, 0.3) is 0 Å². The van der Waals surface area contributed by atoms with Gasteiger partial charge in [0.1, 0.15) is 5.75 Å². The summed E-state index contributed by atoms with van der Waals surface area (Å²) in [5, 5.41) is 2.76. The van der Waals surface area contributed by atoms with Crippen LogP contribution in [0.3, 0.4) is 0 Å². The predicted octanol–water partition coefficient (Wildman–Crippen LogP) is 2.18. The van der Waals surface area contributed by atoms with E-state index in [9.17, 15) is 4.79 Å². The Morgan fingerprint density at radius 3 is 2.90 bits per heavy atom. The minimum absolute atomic E-state index is 0.00731. The number of likely N-dealkylation sites (N-methyl/N-ethyl adjacent to an activating group) is 1. The van der Waals surface area contributed by atoms with Crippen molar-refractivity contribution in [1.29, 1.82) is 0 Å². The molecule has 110 valence electrons. The molecule has 0 aromatic heterocycles. The van der Waals surface area contributed by atoms with Crippen molar-refractivity contribution in [3.63, 3.8) is 0 Å². The topological polar surface area (TPSA) is 41.6 Å². The fourth-order valence-electron chi connectivity index (χ4n) is 2.70. The molecule has 1 N–H and O–H groups in total. The average Bonchev–Trinajstić information content (AvgIpc) is 2.88. The van der Waals surface area contributed by atoms with Crippen molar-refractivity contribution in [2.75, 3.05) is 13.6 Å². The summed E-state index contributed by atoms with van der Waals surface area (Å²) in [4.78, 5) is 14.1. The first-order chi connectivity index (χ1) is 9.61. The molecule has 1 fully saturated rings. The zero-order valence-corrected chi connectivity index (χ0v) is 12.6. The lowest BCUT2D eigenvalue weighted by Gasteiger charge is -2.24. The SMILES string of the molecule is CNC(=O)[C@@H]1CCCN1Cc1ccccc1OC(C)C. The molecule has 4 nitrogen and oxygen atoms in total. The van der Waals surface area contributed by atoms with Crippen LogP contribution in [0.4, 0.5) is 0 Å². The molecule has 1 aromatic rings. The number of rotatable bonds is 5. The number of carbonyl (C=O) groups is 1. The van der Waals surface area contributed by atoms with Gasteiger partial charge >= 0.3 is 0 Å². The van der Waals surface area contributed by atoms with E-state index in [1.807, 2.05) is 32.0 Å². The number of hydrogen-bond donors (Lipinski definition) is 1. The number of hydrogen-bond acceptors (Lipinski definition) is 3. The number of amides is 1. The number of nitrogens with one attached hydrogen (secondary N) is 1. The molecule has 4 heteroatoms. The highest BCUT2D eigenvalue weighted by atomic mass is 16.5. The van der Waals surface area contributed by atoms with Crippen molar-refractivity contribution in [3.05, 3.63) is 29.8 Å². The lowest BCUT2D eigenvalue weighted by molar-refractivity contribution is -0.125. The van der Waals surface area contributed by atoms with Gasteiger partial charge in [-0.2, -0.15) is 0 Å². The van der Waals surface area contributed by atoms with Gasteiger partial charge in [0.25, 0.3) is 0 Å². The van der Waals surface area contributed by atoms with E-state index >= 15 is 0 Å². The highest BCUT2D eigenvalue weighted by Gasteiger charge is 2.30. The van der Waals surface area contributed by atoms with Gasteiger partial charge in [0.2, 0.25) is 5.91 Å². The van der Waals surface area contributed by atoms with Gasteiger partial charge < -0.3 is 10.1 Å². The van der Waals surface area contributed by atoms with Crippen molar-refractivity contribution < 1.29 is 9.53 Å². The van der Waals surface area contributed by atoms with E-state index < -0.39 is 0 Å². The Kier molecular flexibility index (Phi) is 5.01. The first-order valence-corrected chi connectivity index (χ1v) is 7.32. The molecule has 1 amide bonds. The van der Waals surface area contributed by atoms with E-state index in [4.69, 9.17) is 4.74 Å². The lowest BCUT2D eigenvalue weighted by atomic mass is 10.1. The van der Waals surface area contributed by atoms with Crippen molar-refractivity contribution in [1.82, 2.24) is 10.2 Å². The van der Waals surface area contributed by atoms with Crippen LogP contribution in [0.5, 0.6) is 5.75 Å². The van der Waals surface area contributed by atoms with Gasteiger partial charge in [0.15, 0.2) is 0 Å². The molecule has 0 saturated carbocycles. The van der Waals surface area contributed by atoms with E-state index in [1.165, 1.54) is 0 Å². The van der Waals surface area contributed by atoms with Gasteiger partial charge in [-0.15, -0.1) is 0 Å². The van der Waals surface area contributed by atoms with Crippen LogP contribution in [-0.2, 0) is 11.3 Å². The summed E-state index contributed by atoms with van der Waals surface area (Å²) in [6.45, 7) is 5.79. The number of nitrogens with zero attached hydrogens (tertiary/aromatic N) is 1. The molecular weight excluding hydrogens is 252 g/mol. The Hall–Kier alpha value is -1.55. The Morgan fingerprint density at radius 2 is 2.20 bits per heavy atom. The molecule has 1 heterocycles. The molecule has 0 radical (unpaired) electrons. The molecule has 0 bridgehead atoms. The van der Waals surface area contributed by atoms with Gasteiger partial charge in [-0.25, -0.2) is 0 Å². The largest absolute Gasteiger partial charge is 0.491 e. The molecule has 1 aliphatic heterocycles. The summed E-state index contributed by atoms with van der Waals surface area (Å²) in [5.74, 6) is 1.04. The maximum absolute atomic E-state index is 11.9. The first kappa shape index (κ1) is 14.9. The summed E-state index contributed by atoms with van der Waals surface area (Å²) >= 11 is 0. The molecule has 0 spiro atoms. The van der Waals surface area contributed by atoms with Crippen molar-refractivity contribution in [2.45, 2.75) is 45.4 Å². The fraction of sp³-hybridized carbons (Fsp3) is 0.562. The zero-order valence-electron chi connectivity index (χ0n) is 12.6. The van der Waals surface area contributed by atoms with Crippen LogP contribution in [0.2, 0.25) is 0 Å². The smallest absolute Gasteiger partial charge is 0.237 e. The van der Waals surface area contributed by atoms with Crippen LogP contribution in [0, 0.1) is 0 Å². The quantitative estimate of drug-likeness (QED) is 0.896. The molecule has 1 aromatic carbocycles. The first-order valence-electron chi connectivity index (χ1n) is 7.32. The molecule has 0 unspecified atom stereocenters. The molecular formula is C16H24N2O2. The molecule has 2 rings (SSSR count). The van der Waals surface area contributed by atoms with Crippen molar-refractivity contribution in [2.24, 2.45) is 0 Å². The van der Waals surface area contributed by atoms with Crippen LogP contribution < -0.4 is 10.1 Å². The van der Waals surface area contributed by atoms with Crippen LogP contribution in [0.15, 0.2) is 24.3 Å².